The molecule has 2 aliphatic heterocycles. The molecule has 5 rings (SSSR count). The summed E-state index contributed by atoms with van der Waals surface area (Å²) in [6.45, 7) is 4.23. The van der Waals surface area contributed by atoms with Gasteiger partial charge in [0.2, 0.25) is 17.7 Å². The Bertz CT molecular complexity index is 896. The molecule has 1 saturated heterocycles. The van der Waals surface area contributed by atoms with Gasteiger partial charge >= 0.3 is 0 Å². The van der Waals surface area contributed by atoms with Crippen LogP contribution in [0.4, 0.5) is 5.95 Å². The van der Waals surface area contributed by atoms with E-state index >= 15 is 0 Å². The summed E-state index contributed by atoms with van der Waals surface area (Å²) in [4.78, 5) is 28.1. The van der Waals surface area contributed by atoms with Crippen molar-refractivity contribution in [3.05, 3.63) is 29.2 Å². The van der Waals surface area contributed by atoms with Crippen molar-refractivity contribution in [3.8, 4) is 0 Å². The molecule has 2 aromatic heterocycles. The van der Waals surface area contributed by atoms with Crippen LogP contribution in [0.1, 0.15) is 48.7 Å². The van der Waals surface area contributed by atoms with Gasteiger partial charge in [0, 0.05) is 43.7 Å². The van der Waals surface area contributed by atoms with Crippen molar-refractivity contribution in [2.45, 2.75) is 57.1 Å². The molecule has 9 heteroatoms. The van der Waals surface area contributed by atoms with Crippen molar-refractivity contribution in [1.82, 2.24) is 25.0 Å². The number of likely N-dealkylation sites (tertiary alicyclic amines) is 1. The minimum atomic E-state index is -0.243. The van der Waals surface area contributed by atoms with Crippen LogP contribution in [0.3, 0.4) is 0 Å². The molecule has 0 unspecified atom stereocenters. The number of ether oxygens (including phenoxy) is 1. The van der Waals surface area contributed by atoms with Crippen LogP contribution in [0.5, 0.6) is 0 Å². The van der Waals surface area contributed by atoms with Crippen molar-refractivity contribution in [2.75, 3.05) is 25.0 Å². The van der Waals surface area contributed by atoms with E-state index in [-0.39, 0.29) is 11.3 Å². The van der Waals surface area contributed by atoms with E-state index in [4.69, 9.17) is 14.2 Å². The van der Waals surface area contributed by atoms with E-state index in [0.717, 1.165) is 17.7 Å². The number of nitrogens with one attached hydrogen (secondary N) is 1. The van der Waals surface area contributed by atoms with Crippen molar-refractivity contribution in [3.63, 3.8) is 0 Å². The molecule has 1 atom stereocenters. The molecule has 1 amide bonds. The molecule has 9 nitrogen and oxygen atoms in total. The fourth-order valence-corrected chi connectivity index (χ4v) is 4.09. The van der Waals surface area contributed by atoms with Crippen molar-refractivity contribution < 1.29 is 14.1 Å². The van der Waals surface area contributed by atoms with Crippen LogP contribution in [0.25, 0.3) is 0 Å². The monoisotopic (exact) mass is 384 g/mol. The van der Waals surface area contributed by atoms with Gasteiger partial charge in [0.15, 0.2) is 5.82 Å². The Hall–Kier alpha value is -2.55. The second kappa shape index (κ2) is 6.80. The molecule has 28 heavy (non-hydrogen) atoms. The fraction of sp³-hybridized carbons (Fsp3) is 0.632. The number of carbonyl (C=O) groups is 1. The van der Waals surface area contributed by atoms with Crippen LogP contribution < -0.4 is 5.32 Å². The third-order valence-electron chi connectivity index (χ3n) is 5.74. The number of hydrogen-bond acceptors (Lipinski definition) is 8. The number of nitrogens with zero attached hydrogens (tertiary/aromatic N) is 5. The Morgan fingerprint density at radius 1 is 1.39 bits per heavy atom. The van der Waals surface area contributed by atoms with Gasteiger partial charge in [-0.1, -0.05) is 5.16 Å². The van der Waals surface area contributed by atoms with E-state index in [1.807, 2.05) is 11.1 Å². The number of aromatic nitrogens is 4. The third kappa shape index (κ3) is 3.34. The lowest BCUT2D eigenvalue weighted by atomic mass is 9.80. The molecule has 2 aromatic rings. The molecule has 148 valence electrons. The number of aryl methyl sites for hydroxylation is 2. The minimum absolute atomic E-state index is 0.102. The number of hydrogen-bond donors (Lipinski definition) is 1. The molecule has 1 aliphatic carbocycles. The quantitative estimate of drug-likeness (QED) is 0.824. The number of anilines is 1. The average molecular weight is 384 g/mol. The first-order valence-electron chi connectivity index (χ1n) is 9.89. The average Bonchev–Trinajstić information content (AvgIpc) is 3.25. The van der Waals surface area contributed by atoms with Gasteiger partial charge < -0.3 is 19.5 Å². The number of rotatable bonds is 5. The van der Waals surface area contributed by atoms with Crippen molar-refractivity contribution in [1.29, 1.82) is 0 Å². The zero-order chi connectivity index (χ0) is 19.1. The standard InChI is InChI=1S/C19H24N6O3/c1-12-21-15(28-24-12)4-5-16(26)25-7-6-19(10-25)11-27-9-13-8-20-18(23-17(13)19)22-14-2-3-14/h8,14H,2-7,9-11H2,1H3,(H,20,22,23)/t19-/m0/s1. The highest BCUT2D eigenvalue weighted by molar-refractivity contribution is 5.77. The zero-order valence-electron chi connectivity index (χ0n) is 16.0. The van der Waals surface area contributed by atoms with Gasteiger partial charge in [-0.05, 0) is 26.2 Å². The molecule has 1 N–H and O–H groups in total. The van der Waals surface area contributed by atoms with Crippen LogP contribution in [0.2, 0.25) is 0 Å². The van der Waals surface area contributed by atoms with E-state index < -0.39 is 0 Å². The van der Waals surface area contributed by atoms with Crippen LogP contribution >= 0.6 is 0 Å². The lowest BCUT2D eigenvalue weighted by Gasteiger charge is -2.34. The third-order valence-corrected chi connectivity index (χ3v) is 5.74. The largest absolute Gasteiger partial charge is 0.376 e. The van der Waals surface area contributed by atoms with E-state index in [2.05, 4.69) is 20.4 Å². The molecule has 1 spiro atoms. The summed E-state index contributed by atoms with van der Waals surface area (Å²) in [6.07, 6.45) is 5.91. The Morgan fingerprint density at radius 2 is 2.29 bits per heavy atom. The first-order valence-corrected chi connectivity index (χ1v) is 9.89. The Kier molecular flexibility index (Phi) is 4.26. The Morgan fingerprint density at radius 3 is 3.07 bits per heavy atom. The van der Waals surface area contributed by atoms with E-state index in [9.17, 15) is 4.79 Å². The second-order valence-electron chi connectivity index (χ2n) is 8.06. The molecule has 3 aliphatic rings. The van der Waals surface area contributed by atoms with Gasteiger partial charge in [-0.15, -0.1) is 0 Å². The lowest BCUT2D eigenvalue weighted by Crippen LogP contribution is -2.41. The molecule has 1 saturated carbocycles. The van der Waals surface area contributed by atoms with Gasteiger partial charge in [-0.25, -0.2) is 9.97 Å². The topological polar surface area (TPSA) is 106 Å². The maximum Gasteiger partial charge on any atom is 0.227 e. The molecule has 0 bridgehead atoms. The van der Waals surface area contributed by atoms with Crippen LogP contribution in [-0.4, -0.2) is 56.7 Å². The first-order chi connectivity index (χ1) is 13.6. The van der Waals surface area contributed by atoms with E-state index in [1.165, 1.54) is 12.8 Å². The summed E-state index contributed by atoms with van der Waals surface area (Å²) in [5.41, 5.74) is 1.83. The second-order valence-corrected chi connectivity index (χ2v) is 8.06. The minimum Gasteiger partial charge on any atom is -0.376 e. The predicted molar refractivity (Wildman–Crippen MR) is 98.6 cm³/mol. The lowest BCUT2D eigenvalue weighted by molar-refractivity contribution is -0.130. The Labute approximate surface area is 162 Å². The number of carbonyl (C=O) groups excluding carboxylic acids is 1. The van der Waals surface area contributed by atoms with Crippen molar-refractivity contribution >= 4 is 11.9 Å². The molecule has 0 radical (unpaired) electrons. The highest BCUT2D eigenvalue weighted by Crippen LogP contribution is 2.39. The summed E-state index contributed by atoms with van der Waals surface area (Å²) < 4.78 is 11.0. The van der Waals surface area contributed by atoms with Crippen molar-refractivity contribution in [2.24, 2.45) is 0 Å². The summed E-state index contributed by atoms with van der Waals surface area (Å²) in [6, 6.07) is 0.504. The first kappa shape index (κ1) is 17.5. The number of amides is 1. The molecular formula is C19H24N6O3. The zero-order valence-corrected chi connectivity index (χ0v) is 16.0. The van der Waals surface area contributed by atoms with E-state index in [0.29, 0.717) is 62.9 Å². The summed E-state index contributed by atoms with van der Waals surface area (Å²) in [5, 5.41) is 7.15. The Balaban J connectivity index is 1.29. The highest BCUT2D eigenvalue weighted by Gasteiger charge is 2.46. The van der Waals surface area contributed by atoms with Crippen LogP contribution in [0, 0.1) is 6.92 Å². The van der Waals surface area contributed by atoms with Gasteiger partial charge in [-0.3, -0.25) is 4.79 Å². The van der Waals surface area contributed by atoms with Gasteiger partial charge in [0.05, 0.1) is 24.3 Å². The maximum atomic E-state index is 12.7. The normalized spacial score (nSPS) is 23.8. The molecule has 2 fully saturated rings. The fourth-order valence-electron chi connectivity index (χ4n) is 4.09. The number of fused-ring (bicyclic) bond motifs is 2. The molecular weight excluding hydrogens is 360 g/mol. The smallest absolute Gasteiger partial charge is 0.227 e. The van der Waals surface area contributed by atoms with Crippen LogP contribution in [-0.2, 0) is 28.0 Å². The summed E-state index contributed by atoms with van der Waals surface area (Å²) >= 11 is 0. The van der Waals surface area contributed by atoms with Gasteiger partial charge in [-0.2, -0.15) is 4.98 Å². The summed E-state index contributed by atoms with van der Waals surface area (Å²) in [7, 11) is 0. The van der Waals surface area contributed by atoms with E-state index in [1.54, 1.807) is 6.92 Å². The highest BCUT2D eigenvalue weighted by atomic mass is 16.5. The van der Waals surface area contributed by atoms with Gasteiger partial charge in [0.1, 0.15) is 0 Å². The SMILES string of the molecule is Cc1noc(CCC(=O)N2CC[C@@]3(COCc4cnc(NC5CC5)nc43)C2)n1. The summed E-state index contributed by atoms with van der Waals surface area (Å²) in [5.74, 6) is 1.90. The van der Waals surface area contributed by atoms with Gasteiger partial charge in [0.25, 0.3) is 0 Å². The maximum absolute atomic E-state index is 12.7. The molecule has 4 heterocycles. The van der Waals surface area contributed by atoms with Crippen LogP contribution in [0.15, 0.2) is 10.7 Å². The molecule has 0 aromatic carbocycles. The predicted octanol–water partition coefficient (Wildman–Crippen LogP) is 1.38.